The van der Waals surface area contributed by atoms with Crippen molar-refractivity contribution in [1.29, 1.82) is 0 Å². The highest BCUT2D eigenvalue weighted by atomic mass is 16.5. The molecular formula is C20H27N3O. The molecule has 0 aliphatic rings. The van der Waals surface area contributed by atoms with Gasteiger partial charge in [0.15, 0.2) is 5.96 Å². The van der Waals surface area contributed by atoms with Crippen LogP contribution in [0.4, 0.5) is 0 Å². The minimum atomic E-state index is 0.349. The van der Waals surface area contributed by atoms with Gasteiger partial charge in [-0.05, 0) is 43.0 Å². The highest BCUT2D eigenvalue weighted by molar-refractivity contribution is 5.79. The second-order valence-corrected chi connectivity index (χ2v) is 5.85. The topological polar surface area (TPSA) is 45.7 Å². The van der Waals surface area contributed by atoms with E-state index < -0.39 is 0 Å². The van der Waals surface area contributed by atoms with Crippen molar-refractivity contribution >= 4 is 5.96 Å². The molecule has 4 heteroatoms. The standard InChI is InChI=1S/C20H27N3O/c1-16(12-13-17-8-5-4-6-9-17)23-20(21-2)22-15-18-10-7-11-19(14-18)24-3/h4-11,14,16H,12-13,15H2,1-3H3,(H2,21,22,23). The lowest BCUT2D eigenvalue weighted by molar-refractivity contribution is 0.414. The van der Waals surface area contributed by atoms with Crippen molar-refractivity contribution in [1.82, 2.24) is 10.6 Å². The number of ether oxygens (including phenoxy) is 1. The maximum absolute atomic E-state index is 5.25. The van der Waals surface area contributed by atoms with Crippen LogP contribution in [0.25, 0.3) is 0 Å². The van der Waals surface area contributed by atoms with Crippen LogP contribution in [-0.2, 0) is 13.0 Å². The summed E-state index contributed by atoms with van der Waals surface area (Å²) in [5.74, 6) is 1.69. The van der Waals surface area contributed by atoms with Gasteiger partial charge in [0.05, 0.1) is 7.11 Å². The van der Waals surface area contributed by atoms with Gasteiger partial charge in [-0.3, -0.25) is 4.99 Å². The number of hydrogen-bond donors (Lipinski definition) is 2. The van der Waals surface area contributed by atoms with E-state index in [1.54, 1.807) is 14.2 Å². The van der Waals surface area contributed by atoms with E-state index in [0.29, 0.717) is 12.6 Å². The third-order valence-electron chi connectivity index (χ3n) is 3.91. The van der Waals surface area contributed by atoms with Crippen LogP contribution < -0.4 is 15.4 Å². The summed E-state index contributed by atoms with van der Waals surface area (Å²) in [4.78, 5) is 4.30. The van der Waals surface area contributed by atoms with Gasteiger partial charge >= 0.3 is 0 Å². The molecule has 4 nitrogen and oxygen atoms in total. The number of hydrogen-bond acceptors (Lipinski definition) is 2. The Morgan fingerprint density at radius 1 is 1.08 bits per heavy atom. The monoisotopic (exact) mass is 325 g/mol. The van der Waals surface area contributed by atoms with E-state index in [2.05, 4.69) is 58.9 Å². The second-order valence-electron chi connectivity index (χ2n) is 5.85. The fourth-order valence-corrected chi connectivity index (χ4v) is 2.50. The minimum absolute atomic E-state index is 0.349. The predicted molar refractivity (Wildman–Crippen MR) is 101 cm³/mol. The zero-order chi connectivity index (χ0) is 17.2. The summed E-state index contributed by atoms with van der Waals surface area (Å²) in [6.07, 6.45) is 2.12. The molecule has 1 atom stereocenters. The van der Waals surface area contributed by atoms with Crippen LogP contribution in [0.2, 0.25) is 0 Å². The molecule has 0 aromatic heterocycles. The van der Waals surface area contributed by atoms with Crippen molar-refractivity contribution in [3.8, 4) is 5.75 Å². The summed E-state index contributed by atoms with van der Waals surface area (Å²) in [6.45, 7) is 2.89. The minimum Gasteiger partial charge on any atom is -0.497 e. The molecule has 0 spiro atoms. The zero-order valence-electron chi connectivity index (χ0n) is 14.8. The Morgan fingerprint density at radius 2 is 1.83 bits per heavy atom. The summed E-state index contributed by atoms with van der Waals surface area (Å²) in [7, 11) is 3.48. The predicted octanol–water partition coefficient (Wildman–Crippen LogP) is 3.38. The van der Waals surface area contributed by atoms with E-state index in [1.807, 2.05) is 18.2 Å². The number of aryl methyl sites for hydroxylation is 1. The fraction of sp³-hybridized carbons (Fsp3) is 0.350. The van der Waals surface area contributed by atoms with E-state index in [9.17, 15) is 0 Å². The molecular weight excluding hydrogens is 298 g/mol. The molecule has 2 aromatic carbocycles. The Bertz CT molecular complexity index is 640. The number of methoxy groups -OCH3 is 1. The summed E-state index contributed by atoms with van der Waals surface area (Å²) >= 11 is 0. The molecule has 0 amide bonds. The maximum atomic E-state index is 5.25. The molecule has 2 aromatic rings. The van der Waals surface area contributed by atoms with E-state index in [-0.39, 0.29) is 0 Å². The van der Waals surface area contributed by atoms with Crippen LogP contribution in [0.5, 0.6) is 5.75 Å². The molecule has 0 bridgehead atoms. The highest BCUT2D eigenvalue weighted by Crippen LogP contribution is 2.12. The van der Waals surface area contributed by atoms with Crippen molar-refractivity contribution in [3.05, 3.63) is 65.7 Å². The third kappa shape index (κ3) is 5.95. The summed E-state index contributed by atoms with van der Waals surface area (Å²) in [5, 5.41) is 6.79. The Morgan fingerprint density at radius 3 is 2.54 bits per heavy atom. The number of guanidine groups is 1. The molecule has 0 fully saturated rings. The Labute approximate surface area is 145 Å². The molecule has 0 radical (unpaired) electrons. The van der Waals surface area contributed by atoms with Crippen LogP contribution in [-0.4, -0.2) is 26.2 Å². The molecule has 0 saturated heterocycles. The summed E-state index contributed by atoms with van der Waals surface area (Å²) < 4.78 is 5.25. The van der Waals surface area contributed by atoms with Crippen molar-refractivity contribution in [2.75, 3.05) is 14.2 Å². The van der Waals surface area contributed by atoms with E-state index in [1.165, 1.54) is 5.56 Å². The number of rotatable bonds is 7. The number of aliphatic imine (C=N–C) groups is 1. The highest BCUT2D eigenvalue weighted by Gasteiger charge is 2.06. The third-order valence-corrected chi connectivity index (χ3v) is 3.91. The number of nitrogens with one attached hydrogen (secondary N) is 2. The lowest BCUT2D eigenvalue weighted by atomic mass is 10.1. The molecule has 0 aliphatic carbocycles. The van der Waals surface area contributed by atoms with Crippen LogP contribution in [0.1, 0.15) is 24.5 Å². The van der Waals surface area contributed by atoms with Gasteiger partial charge in [-0.15, -0.1) is 0 Å². The maximum Gasteiger partial charge on any atom is 0.191 e. The Balaban J connectivity index is 1.78. The van der Waals surface area contributed by atoms with Crippen LogP contribution in [0.3, 0.4) is 0 Å². The van der Waals surface area contributed by atoms with Gasteiger partial charge in [-0.2, -0.15) is 0 Å². The smallest absolute Gasteiger partial charge is 0.191 e. The average Bonchev–Trinajstić information content (AvgIpc) is 2.64. The molecule has 0 aliphatic heterocycles. The van der Waals surface area contributed by atoms with Gasteiger partial charge < -0.3 is 15.4 Å². The number of benzene rings is 2. The summed E-state index contributed by atoms with van der Waals surface area (Å²) in [5.41, 5.74) is 2.53. The molecule has 0 saturated carbocycles. The van der Waals surface area contributed by atoms with Gasteiger partial charge in [-0.1, -0.05) is 42.5 Å². The summed E-state index contributed by atoms with van der Waals surface area (Å²) in [6, 6.07) is 18.9. The van der Waals surface area contributed by atoms with E-state index in [0.717, 1.165) is 30.1 Å². The normalized spacial score (nSPS) is 12.5. The first-order valence-electron chi connectivity index (χ1n) is 8.35. The van der Waals surface area contributed by atoms with Crippen molar-refractivity contribution < 1.29 is 4.74 Å². The van der Waals surface area contributed by atoms with Crippen molar-refractivity contribution in [3.63, 3.8) is 0 Å². The lowest BCUT2D eigenvalue weighted by Gasteiger charge is -2.18. The molecule has 2 rings (SSSR count). The largest absolute Gasteiger partial charge is 0.497 e. The lowest BCUT2D eigenvalue weighted by Crippen LogP contribution is -2.42. The second kappa shape index (κ2) is 9.60. The molecule has 2 N–H and O–H groups in total. The van der Waals surface area contributed by atoms with Crippen LogP contribution in [0, 0.1) is 0 Å². The van der Waals surface area contributed by atoms with Gasteiger partial charge in [0.1, 0.15) is 5.75 Å². The number of nitrogens with zero attached hydrogens (tertiary/aromatic N) is 1. The SMILES string of the molecule is CN=C(NCc1cccc(OC)c1)NC(C)CCc1ccccc1. The molecule has 0 heterocycles. The zero-order valence-corrected chi connectivity index (χ0v) is 14.8. The van der Waals surface area contributed by atoms with Crippen molar-refractivity contribution in [2.45, 2.75) is 32.4 Å². The van der Waals surface area contributed by atoms with Crippen LogP contribution in [0.15, 0.2) is 59.6 Å². The van der Waals surface area contributed by atoms with E-state index in [4.69, 9.17) is 4.74 Å². The first-order chi connectivity index (χ1) is 11.7. The van der Waals surface area contributed by atoms with Gasteiger partial charge in [0.25, 0.3) is 0 Å². The van der Waals surface area contributed by atoms with E-state index >= 15 is 0 Å². The fourth-order valence-electron chi connectivity index (χ4n) is 2.50. The first kappa shape index (κ1) is 17.9. The first-order valence-corrected chi connectivity index (χ1v) is 8.35. The average molecular weight is 325 g/mol. The Kier molecular flexibility index (Phi) is 7.15. The molecule has 24 heavy (non-hydrogen) atoms. The molecule has 1 unspecified atom stereocenters. The van der Waals surface area contributed by atoms with Crippen molar-refractivity contribution in [2.24, 2.45) is 4.99 Å². The van der Waals surface area contributed by atoms with Gasteiger partial charge in [0, 0.05) is 19.6 Å². The molecule has 128 valence electrons. The van der Waals surface area contributed by atoms with Crippen LogP contribution >= 0.6 is 0 Å². The van der Waals surface area contributed by atoms with Gasteiger partial charge in [-0.25, -0.2) is 0 Å². The quantitative estimate of drug-likeness (QED) is 0.606. The van der Waals surface area contributed by atoms with Gasteiger partial charge in [0.2, 0.25) is 0 Å². The Hall–Kier alpha value is -2.49.